The first-order valence-corrected chi connectivity index (χ1v) is 6.20. The van der Waals surface area contributed by atoms with Crippen LogP contribution in [0.25, 0.3) is 10.9 Å². The van der Waals surface area contributed by atoms with Crippen LogP contribution >= 0.6 is 22.9 Å². The van der Waals surface area contributed by atoms with E-state index in [1.807, 2.05) is 23.8 Å². The summed E-state index contributed by atoms with van der Waals surface area (Å²) in [5.41, 5.74) is 3.07. The summed E-state index contributed by atoms with van der Waals surface area (Å²) in [6, 6.07) is 8.05. The maximum Gasteiger partial charge on any atom is 0.0794 e. The van der Waals surface area contributed by atoms with Crippen LogP contribution in [0.5, 0.6) is 0 Å². The highest BCUT2D eigenvalue weighted by atomic mass is 35.5. The minimum Gasteiger partial charge on any atom is -0.342 e. The molecule has 0 radical (unpaired) electrons. The molecule has 3 rings (SSSR count). The van der Waals surface area contributed by atoms with Gasteiger partial charge in [0, 0.05) is 33.2 Å². The fraction of sp³-hybridized carbons (Fsp3) is 0.0833. The topological polar surface area (TPSA) is 17.8 Å². The van der Waals surface area contributed by atoms with E-state index >= 15 is 0 Å². The summed E-state index contributed by atoms with van der Waals surface area (Å²) in [7, 11) is 0. The predicted molar refractivity (Wildman–Crippen MR) is 68.2 cm³/mol. The molecule has 0 fully saturated rings. The van der Waals surface area contributed by atoms with E-state index < -0.39 is 0 Å². The zero-order valence-electron chi connectivity index (χ0n) is 8.43. The van der Waals surface area contributed by atoms with Crippen molar-refractivity contribution in [3.05, 3.63) is 52.1 Å². The SMILES string of the molecule is Clc1ccc2c(ccn2Cc2cncs2)c1. The van der Waals surface area contributed by atoms with E-state index in [0.717, 1.165) is 11.6 Å². The minimum atomic E-state index is 0.781. The number of hydrogen-bond acceptors (Lipinski definition) is 2. The van der Waals surface area contributed by atoms with Crippen molar-refractivity contribution in [3.63, 3.8) is 0 Å². The third kappa shape index (κ3) is 1.72. The zero-order chi connectivity index (χ0) is 11.0. The van der Waals surface area contributed by atoms with E-state index in [1.54, 1.807) is 11.3 Å². The molecule has 0 aliphatic rings. The molecule has 0 spiro atoms. The average Bonchev–Trinajstić information content (AvgIpc) is 2.89. The third-order valence-electron chi connectivity index (χ3n) is 2.54. The molecule has 1 aromatic carbocycles. The standard InChI is InChI=1S/C12H9ClN2S/c13-10-1-2-12-9(5-10)3-4-15(12)7-11-6-14-8-16-11/h1-6,8H,7H2. The van der Waals surface area contributed by atoms with Crippen molar-refractivity contribution in [1.29, 1.82) is 0 Å². The number of nitrogens with zero attached hydrogens (tertiary/aromatic N) is 2. The highest BCUT2D eigenvalue weighted by molar-refractivity contribution is 7.09. The van der Waals surface area contributed by atoms with Gasteiger partial charge in [-0.2, -0.15) is 0 Å². The van der Waals surface area contributed by atoms with E-state index in [1.165, 1.54) is 15.8 Å². The first-order valence-electron chi connectivity index (χ1n) is 4.95. The Morgan fingerprint density at radius 2 is 2.25 bits per heavy atom. The summed E-state index contributed by atoms with van der Waals surface area (Å²) < 4.78 is 2.21. The Morgan fingerprint density at radius 1 is 1.31 bits per heavy atom. The van der Waals surface area contributed by atoms with Crippen LogP contribution in [0.1, 0.15) is 4.88 Å². The van der Waals surface area contributed by atoms with Crippen molar-refractivity contribution in [2.24, 2.45) is 0 Å². The second-order valence-electron chi connectivity index (χ2n) is 3.61. The van der Waals surface area contributed by atoms with Crippen molar-refractivity contribution >= 4 is 33.8 Å². The van der Waals surface area contributed by atoms with Crippen molar-refractivity contribution in [3.8, 4) is 0 Å². The van der Waals surface area contributed by atoms with Gasteiger partial charge >= 0.3 is 0 Å². The van der Waals surface area contributed by atoms with Crippen LogP contribution in [0.2, 0.25) is 5.02 Å². The second kappa shape index (κ2) is 3.92. The predicted octanol–water partition coefficient (Wildman–Crippen LogP) is 3.80. The number of aromatic nitrogens is 2. The monoisotopic (exact) mass is 248 g/mol. The van der Waals surface area contributed by atoms with Gasteiger partial charge in [0.2, 0.25) is 0 Å². The lowest BCUT2D eigenvalue weighted by molar-refractivity contribution is 0.849. The molecule has 0 unspecified atom stereocenters. The quantitative estimate of drug-likeness (QED) is 0.675. The summed E-state index contributed by atoms with van der Waals surface area (Å²) in [6.45, 7) is 0.871. The Labute approximate surface area is 102 Å². The molecule has 0 aliphatic carbocycles. The van der Waals surface area contributed by atoms with Gasteiger partial charge in [-0.3, -0.25) is 4.98 Å². The van der Waals surface area contributed by atoms with Crippen molar-refractivity contribution in [1.82, 2.24) is 9.55 Å². The molecule has 0 N–H and O–H groups in total. The Hall–Kier alpha value is -1.32. The van der Waals surface area contributed by atoms with Crippen LogP contribution in [-0.2, 0) is 6.54 Å². The van der Waals surface area contributed by atoms with Crippen LogP contribution < -0.4 is 0 Å². The van der Waals surface area contributed by atoms with E-state index in [9.17, 15) is 0 Å². The normalized spacial score (nSPS) is 11.1. The van der Waals surface area contributed by atoms with Crippen LogP contribution in [0, 0.1) is 0 Å². The molecular weight excluding hydrogens is 240 g/mol. The number of fused-ring (bicyclic) bond motifs is 1. The van der Waals surface area contributed by atoms with Crippen molar-refractivity contribution in [2.75, 3.05) is 0 Å². The number of hydrogen-bond donors (Lipinski definition) is 0. The van der Waals surface area contributed by atoms with Crippen molar-refractivity contribution in [2.45, 2.75) is 6.54 Å². The van der Waals surface area contributed by atoms with Crippen LogP contribution in [-0.4, -0.2) is 9.55 Å². The van der Waals surface area contributed by atoms with Gasteiger partial charge in [-0.05, 0) is 24.3 Å². The van der Waals surface area contributed by atoms with Crippen LogP contribution in [0.4, 0.5) is 0 Å². The molecule has 16 heavy (non-hydrogen) atoms. The molecule has 0 atom stereocenters. The molecule has 0 saturated heterocycles. The number of halogens is 1. The Kier molecular flexibility index (Phi) is 2.42. The lowest BCUT2D eigenvalue weighted by Gasteiger charge is -2.02. The van der Waals surface area contributed by atoms with Gasteiger partial charge in [-0.15, -0.1) is 11.3 Å². The fourth-order valence-corrected chi connectivity index (χ4v) is 2.57. The van der Waals surface area contributed by atoms with Crippen LogP contribution in [0.3, 0.4) is 0 Å². The molecular formula is C12H9ClN2S. The maximum atomic E-state index is 5.95. The molecule has 0 aliphatic heterocycles. The summed E-state index contributed by atoms with van der Waals surface area (Å²) in [4.78, 5) is 5.34. The molecule has 2 heterocycles. The summed E-state index contributed by atoms with van der Waals surface area (Å²) >= 11 is 7.63. The summed E-state index contributed by atoms with van der Waals surface area (Å²) in [6.07, 6.45) is 3.99. The van der Waals surface area contributed by atoms with Gasteiger partial charge in [0.25, 0.3) is 0 Å². The van der Waals surface area contributed by atoms with E-state index in [-0.39, 0.29) is 0 Å². The average molecular weight is 249 g/mol. The zero-order valence-corrected chi connectivity index (χ0v) is 10.0. The number of benzene rings is 1. The molecule has 0 bridgehead atoms. The molecule has 0 saturated carbocycles. The largest absolute Gasteiger partial charge is 0.342 e. The first kappa shape index (κ1) is 9.87. The Balaban J connectivity index is 2.04. The highest BCUT2D eigenvalue weighted by Crippen LogP contribution is 2.21. The molecule has 80 valence electrons. The molecule has 4 heteroatoms. The lowest BCUT2D eigenvalue weighted by atomic mass is 10.2. The Morgan fingerprint density at radius 3 is 3.06 bits per heavy atom. The third-order valence-corrected chi connectivity index (χ3v) is 3.54. The minimum absolute atomic E-state index is 0.781. The fourth-order valence-electron chi connectivity index (χ4n) is 1.80. The van der Waals surface area contributed by atoms with Gasteiger partial charge in [0.05, 0.1) is 12.1 Å². The van der Waals surface area contributed by atoms with E-state index in [0.29, 0.717) is 0 Å². The summed E-state index contributed by atoms with van der Waals surface area (Å²) in [5.74, 6) is 0. The van der Waals surface area contributed by atoms with Gasteiger partial charge in [0.15, 0.2) is 0 Å². The van der Waals surface area contributed by atoms with Gasteiger partial charge in [-0.25, -0.2) is 0 Å². The van der Waals surface area contributed by atoms with Crippen LogP contribution in [0.15, 0.2) is 42.2 Å². The first-order chi connectivity index (χ1) is 7.83. The van der Waals surface area contributed by atoms with Gasteiger partial charge < -0.3 is 4.57 Å². The Bertz CT molecular complexity index is 613. The van der Waals surface area contributed by atoms with Gasteiger partial charge in [-0.1, -0.05) is 11.6 Å². The second-order valence-corrected chi connectivity index (χ2v) is 5.02. The molecule has 2 aromatic heterocycles. The van der Waals surface area contributed by atoms with E-state index in [2.05, 4.69) is 27.9 Å². The maximum absolute atomic E-state index is 5.95. The van der Waals surface area contributed by atoms with Gasteiger partial charge in [0.1, 0.15) is 0 Å². The smallest absolute Gasteiger partial charge is 0.0794 e. The lowest BCUT2D eigenvalue weighted by Crippen LogP contribution is -1.95. The molecule has 0 amide bonds. The van der Waals surface area contributed by atoms with Crippen molar-refractivity contribution < 1.29 is 0 Å². The molecule has 2 nitrogen and oxygen atoms in total. The highest BCUT2D eigenvalue weighted by Gasteiger charge is 2.03. The van der Waals surface area contributed by atoms with E-state index in [4.69, 9.17) is 11.6 Å². The number of rotatable bonds is 2. The number of thiazole rings is 1. The molecule has 3 aromatic rings. The summed E-state index contributed by atoms with van der Waals surface area (Å²) in [5, 5.41) is 1.96.